The molecule has 0 aliphatic carbocycles. The molecule has 4 nitrogen and oxygen atoms in total. The fourth-order valence-corrected chi connectivity index (χ4v) is 1.26. The average Bonchev–Trinajstić information content (AvgIpc) is 2.16. The number of hydrogen-bond acceptors (Lipinski definition) is 4. The molecular formula is C12H19NO3. The standard InChI is InChI=1S/C12H19NO3/c1-9(2)16-12-7-10(13)6-11(8-12)15-5-4-14-3/h6-9H,4-5,13H2,1-3H3. The molecule has 0 heterocycles. The predicted octanol–water partition coefficient (Wildman–Crippen LogP) is 2.08. The molecule has 2 N–H and O–H groups in total. The Bertz CT molecular complexity index is 326. The number of hydrogen-bond donors (Lipinski definition) is 1. The minimum absolute atomic E-state index is 0.119. The van der Waals surface area contributed by atoms with E-state index in [1.807, 2.05) is 19.9 Å². The Morgan fingerprint density at radius 1 is 1.12 bits per heavy atom. The van der Waals surface area contributed by atoms with Gasteiger partial charge in [0.05, 0.1) is 12.7 Å². The number of benzene rings is 1. The van der Waals surface area contributed by atoms with Gasteiger partial charge >= 0.3 is 0 Å². The highest BCUT2D eigenvalue weighted by molar-refractivity contribution is 5.50. The molecule has 4 heteroatoms. The van der Waals surface area contributed by atoms with Crippen molar-refractivity contribution in [3.63, 3.8) is 0 Å². The molecule has 0 radical (unpaired) electrons. The zero-order valence-corrected chi connectivity index (χ0v) is 10.0. The van der Waals surface area contributed by atoms with Crippen LogP contribution in [-0.2, 0) is 4.74 Å². The van der Waals surface area contributed by atoms with E-state index in [-0.39, 0.29) is 6.10 Å². The van der Waals surface area contributed by atoms with E-state index in [9.17, 15) is 0 Å². The smallest absolute Gasteiger partial charge is 0.125 e. The third-order valence-electron chi connectivity index (χ3n) is 1.83. The van der Waals surface area contributed by atoms with Gasteiger partial charge in [0.2, 0.25) is 0 Å². The average molecular weight is 225 g/mol. The normalized spacial score (nSPS) is 10.5. The van der Waals surface area contributed by atoms with Crippen LogP contribution in [0.5, 0.6) is 11.5 Å². The first-order valence-electron chi connectivity index (χ1n) is 5.30. The predicted molar refractivity (Wildman–Crippen MR) is 64.0 cm³/mol. The van der Waals surface area contributed by atoms with Gasteiger partial charge in [0.15, 0.2) is 0 Å². The van der Waals surface area contributed by atoms with Crippen molar-refractivity contribution in [2.45, 2.75) is 20.0 Å². The van der Waals surface area contributed by atoms with Gasteiger partial charge in [0.25, 0.3) is 0 Å². The van der Waals surface area contributed by atoms with Crippen molar-refractivity contribution in [1.29, 1.82) is 0 Å². The minimum atomic E-state index is 0.119. The molecule has 0 fully saturated rings. The lowest BCUT2D eigenvalue weighted by Gasteiger charge is -2.12. The van der Waals surface area contributed by atoms with Crippen LogP contribution in [0.1, 0.15) is 13.8 Å². The number of anilines is 1. The molecule has 0 atom stereocenters. The summed E-state index contributed by atoms with van der Waals surface area (Å²) < 4.78 is 15.9. The summed E-state index contributed by atoms with van der Waals surface area (Å²) in [4.78, 5) is 0. The van der Waals surface area contributed by atoms with Crippen molar-refractivity contribution in [3.05, 3.63) is 18.2 Å². The van der Waals surface area contributed by atoms with Crippen molar-refractivity contribution in [3.8, 4) is 11.5 Å². The van der Waals surface area contributed by atoms with Gasteiger partial charge < -0.3 is 19.9 Å². The van der Waals surface area contributed by atoms with Crippen LogP contribution in [0, 0.1) is 0 Å². The van der Waals surface area contributed by atoms with Gasteiger partial charge in [-0.15, -0.1) is 0 Å². The van der Waals surface area contributed by atoms with Crippen LogP contribution in [0.3, 0.4) is 0 Å². The molecule has 90 valence electrons. The summed E-state index contributed by atoms with van der Waals surface area (Å²) in [5, 5.41) is 0. The number of nitrogens with two attached hydrogens (primary N) is 1. The summed E-state index contributed by atoms with van der Waals surface area (Å²) in [6.45, 7) is 4.99. The van der Waals surface area contributed by atoms with E-state index in [4.69, 9.17) is 19.9 Å². The molecule has 0 aromatic heterocycles. The highest BCUT2D eigenvalue weighted by Crippen LogP contribution is 2.25. The third-order valence-corrected chi connectivity index (χ3v) is 1.83. The third kappa shape index (κ3) is 4.40. The van der Waals surface area contributed by atoms with Gasteiger partial charge in [-0.05, 0) is 13.8 Å². The first-order valence-corrected chi connectivity index (χ1v) is 5.30. The summed E-state index contributed by atoms with van der Waals surface area (Å²) in [5.74, 6) is 1.43. The maximum atomic E-state index is 5.75. The second kappa shape index (κ2) is 6.23. The van der Waals surface area contributed by atoms with Crippen LogP contribution in [0.25, 0.3) is 0 Å². The molecule has 16 heavy (non-hydrogen) atoms. The molecule has 0 bridgehead atoms. The molecule has 0 aliphatic heterocycles. The van der Waals surface area contributed by atoms with E-state index in [0.717, 1.165) is 5.75 Å². The van der Waals surface area contributed by atoms with Crippen molar-refractivity contribution < 1.29 is 14.2 Å². The maximum Gasteiger partial charge on any atom is 0.125 e. The van der Waals surface area contributed by atoms with Crippen LogP contribution >= 0.6 is 0 Å². The molecule has 1 rings (SSSR count). The van der Waals surface area contributed by atoms with Gasteiger partial charge in [-0.25, -0.2) is 0 Å². The highest BCUT2D eigenvalue weighted by atomic mass is 16.5. The van der Waals surface area contributed by atoms with Gasteiger partial charge in [-0.3, -0.25) is 0 Å². The van der Waals surface area contributed by atoms with Gasteiger partial charge in [-0.2, -0.15) is 0 Å². The molecule has 0 aliphatic rings. The Balaban J connectivity index is 2.65. The summed E-state index contributed by atoms with van der Waals surface area (Å²) >= 11 is 0. The Hall–Kier alpha value is -1.42. The fourth-order valence-electron chi connectivity index (χ4n) is 1.26. The number of nitrogen functional groups attached to an aromatic ring is 1. The molecule has 1 aromatic rings. The van der Waals surface area contributed by atoms with E-state index < -0.39 is 0 Å². The summed E-state index contributed by atoms with van der Waals surface area (Å²) in [5.41, 5.74) is 6.38. The molecule has 0 spiro atoms. The second-order valence-corrected chi connectivity index (χ2v) is 3.75. The van der Waals surface area contributed by atoms with E-state index in [0.29, 0.717) is 24.7 Å². The van der Waals surface area contributed by atoms with Crippen LogP contribution in [0.4, 0.5) is 5.69 Å². The molecule has 0 amide bonds. The molecule has 0 saturated heterocycles. The molecule has 0 unspecified atom stereocenters. The number of ether oxygens (including phenoxy) is 3. The van der Waals surface area contributed by atoms with Crippen LogP contribution in [0.15, 0.2) is 18.2 Å². The lowest BCUT2D eigenvalue weighted by molar-refractivity contribution is 0.146. The van der Waals surface area contributed by atoms with Crippen LogP contribution in [0.2, 0.25) is 0 Å². The zero-order valence-electron chi connectivity index (χ0n) is 10.0. The van der Waals surface area contributed by atoms with E-state index in [1.54, 1.807) is 19.2 Å². The lowest BCUT2D eigenvalue weighted by Crippen LogP contribution is -2.07. The molecule has 0 saturated carbocycles. The largest absolute Gasteiger partial charge is 0.491 e. The zero-order chi connectivity index (χ0) is 12.0. The van der Waals surface area contributed by atoms with Gasteiger partial charge in [0, 0.05) is 31.0 Å². The Labute approximate surface area is 96.3 Å². The Morgan fingerprint density at radius 3 is 2.44 bits per heavy atom. The summed E-state index contributed by atoms with van der Waals surface area (Å²) in [6.07, 6.45) is 0.119. The van der Waals surface area contributed by atoms with Crippen LogP contribution in [-0.4, -0.2) is 26.4 Å². The fraction of sp³-hybridized carbons (Fsp3) is 0.500. The monoisotopic (exact) mass is 225 g/mol. The van der Waals surface area contributed by atoms with Crippen molar-refractivity contribution in [2.24, 2.45) is 0 Å². The first kappa shape index (κ1) is 12.6. The SMILES string of the molecule is COCCOc1cc(N)cc(OC(C)C)c1. The molecular weight excluding hydrogens is 206 g/mol. The molecule has 1 aromatic carbocycles. The summed E-state index contributed by atoms with van der Waals surface area (Å²) in [7, 11) is 1.63. The first-order chi connectivity index (χ1) is 7.61. The number of methoxy groups -OCH3 is 1. The van der Waals surface area contributed by atoms with Gasteiger partial charge in [0.1, 0.15) is 18.1 Å². The topological polar surface area (TPSA) is 53.7 Å². The number of rotatable bonds is 6. The highest BCUT2D eigenvalue weighted by Gasteiger charge is 2.03. The van der Waals surface area contributed by atoms with Gasteiger partial charge in [-0.1, -0.05) is 0 Å². The second-order valence-electron chi connectivity index (χ2n) is 3.75. The maximum absolute atomic E-state index is 5.75. The lowest BCUT2D eigenvalue weighted by atomic mass is 10.3. The quantitative estimate of drug-likeness (QED) is 0.595. The van der Waals surface area contributed by atoms with Crippen molar-refractivity contribution in [2.75, 3.05) is 26.1 Å². The van der Waals surface area contributed by atoms with E-state index in [1.165, 1.54) is 0 Å². The Kier molecular flexibility index (Phi) is 4.92. The van der Waals surface area contributed by atoms with Crippen molar-refractivity contribution in [1.82, 2.24) is 0 Å². The minimum Gasteiger partial charge on any atom is -0.491 e. The van der Waals surface area contributed by atoms with E-state index in [2.05, 4.69) is 0 Å². The van der Waals surface area contributed by atoms with Crippen molar-refractivity contribution >= 4 is 5.69 Å². The Morgan fingerprint density at radius 2 is 1.81 bits per heavy atom. The summed E-state index contributed by atoms with van der Waals surface area (Å²) in [6, 6.07) is 5.37. The van der Waals surface area contributed by atoms with Crippen LogP contribution < -0.4 is 15.2 Å². The van der Waals surface area contributed by atoms with E-state index >= 15 is 0 Å².